The summed E-state index contributed by atoms with van der Waals surface area (Å²) in [6, 6.07) is 0. The SMILES string of the molecule is [B]B([B])B(B([B])[B])B(B(B([B])[B])B([B])[B])B(B(B([B])[B])B([B])[B])B(B(B(B([B])[B])B([B])[B])B(B([B])[B])B([B])[B])B(B(B(B([B])[B])B([B])[B])B(B([B])[B])B([B])[B])B(B(B([B])[B])B([B])[B])B(B([B])[B])B([B])[B]. The lowest BCUT2D eigenvalue weighted by Gasteiger charge is -2.60. The Morgan fingerprint density at radius 2 is 0.114 bits per heavy atom. The van der Waals surface area contributed by atoms with Crippen LogP contribution < -0.4 is 0 Å². The first kappa shape index (κ1) is 74.5. The molecule has 0 aromatic carbocycles. The first-order valence-electron chi connectivity index (χ1n) is 23.0. The van der Waals surface area contributed by atoms with Crippen LogP contribution in [0.15, 0.2) is 0 Å². The third-order valence-electron chi connectivity index (χ3n) is 14.7. The Bertz CT molecular complexity index is 1130. The van der Waals surface area contributed by atoms with Gasteiger partial charge in [0.2, 0.25) is 0 Å². The minimum Gasteiger partial charge on any atom is 0 e. The quantitative estimate of drug-likeness (QED) is 0.0585. The minimum atomic E-state index is -1.72. The summed E-state index contributed by atoms with van der Waals surface area (Å²) in [5.41, 5.74) is 0. The summed E-state index contributed by atoms with van der Waals surface area (Å²) in [6.45, 7) is 0. The van der Waals surface area contributed by atoms with Crippen LogP contribution in [0.25, 0.3) is 0 Å². The third kappa shape index (κ3) is 19.9. The molecule has 0 aliphatic rings. The van der Waals surface area contributed by atoms with Crippen molar-refractivity contribution in [2.24, 2.45) is 0 Å². The van der Waals surface area contributed by atoms with E-state index in [1.165, 1.54) is 0 Å². The molecule has 70 heteroatoms. The molecule has 0 rings (SSSR count). The summed E-state index contributed by atoms with van der Waals surface area (Å²) < 4.78 is 0. The largest absolute Gasteiger partial charge is 0 e. The highest BCUT2D eigenvalue weighted by atomic mass is 13.5. The standard InChI is InChI=1S/B70/c1-37(2)55(38(3)4)64(56(39(5)6)40(7)8)68(63(53(33)34)54(35)36)70(67(61(49(25)26)50(27)28)62(51(29)30)52(31)32)69(65(57(41(9)10)42(11)12)58(43(13)14)44(15)16)66(59(45(17)18)46(19)20)60(47(21)22)48(23)24. The van der Waals surface area contributed by atoms with E-state index in [1.54, 1.807) is 0 Å². The second kappa shape index (κ2) is 34.1. The highest BCUT2D eigenvalue weighted by Gasteiger charge is 2.64. The molecular formula is B70. The molecule has 210 valence electrons. The van der Waals surface area contributed by atoms with Crippen molar-refractivity contribution in [1.82, 2.24) is 0 Å². The molecule has 0 saturated heterocycles. The Labute approximate surface area is 491 Å². The second-order valence-corrected chi connectivity index (χ2v) is 19.6. The highest BCUT2D eigenvalue weighted by molar-refractivity contribution is 8.39. The molecule has 0 fully saturated rings. The van der Waals surface area contributed by atoms with Crippen LogP contribution in [0.4, 0.5) is 0 Å². The van der Waals surface area contributed by atoms with Gasteiger partial charge in [-0.25, -0.2) is 0 Å². The van der Waals surface area contributed by atoms with E-state index in [0.29, 0.717) is 0 Å². The van der Waals surface area contributed by atoms with Gasteiger partial charge in [0.1, 0.15) is 0 Å². The van der Waals surface area contributed by atoms with Gasteiger partial charge in [-0.2, -0.15) is 0 Å². The second-order valence-electron chi connectivity index (χ2n) is 19.6. The van der Waals surface area contributed by atoms with Crippen LogP contribution in [0.2, 0.25) is 0 Å². The van der Waals surface area contributed by atoms with Crippen molar-refractivity contribution in [3.63, 3.8) is 0 Å². The maximum absolute atomic E-state index is 6.84. The van der Waals surface area contributed by atoms with Crippen molar-refractivity contribution in [2.45, 2.75) is 0 Å². The monoisotopic (exact) mass is 771 g/mol. The lowest BCUT2D eigenvalue weighted by atomic mass is 8.21. The van der Waals surface area contributed by atoms with Crippen molar-refractivity contribution in [2.75, 3.05) is 0 Å². The Kier molecular flexibility index (Phi) is 36.3. The van der Waals surface area contributed by atoms with E-state index >= 15 is 0 Å². The predicted molar refractivity (Wildman–Crippen MR) is 403 cm³/mol. The maximum Gasteiger partial charge on any atom is 0 e. The molecule has 0 amide bonds. The van der Waals surface area contributed by atoms with E-state index < -0.39 is 217 Å². The van der Waals surface area contributed by atoms with Crippen molar-refractivity contribution in [1.29, 1.82) is 0 Å². The summed E-state index contributed by atoms with van der Waals surface area (Å²) >= 11 is 0. The van der Waals surface area contributed by atoms with Crippen molar-refractivity contribution in [3.8, 4) is 0 Å². The van der Waals surface area contributed by atoms with E-state index in [0.717, 1.165) is 0 Å². The van der Waals surface area contributed by atoms with Gasteiger partial charge in [-0.3, -0.25) is 0 Å². The molecule has 0 nitrogen and oxygen atoms in total. The van der Waals surface area contributed by atoms with Crippen LogP contribution in [0.3, 0.4) is 0 Å². The van der Waals surface area contributed by atoms with Gasteiger partial charge in [0, 0.05) is 496 Å². The molecule has 0 atom stereocenters. The summed E-state index contributed by atoms with van der Waals surface area (Å²) in [5.74, 6) is 0. The van der Waals surface area contributed by atoms with Gasteiger partial charge >= 0.3 is 0 Å². The van der Waals surface area contributed by atoms with Crippen LogP contribution in [0, 0.1) is 0 Å². The third-order valence-corrected chi connectivity index (χ3v) is 14.7. The predicted octanol–water partition coefficient (Wildman–Crippen LogP) is -26.7. The van der Waals surface area contributed by atoms with Crippen LogP contribution in [-0.2, 0) is 0 Å². The molecule has 0 aromatic heterocycles. The van der Waals surface area contributed by atoms with E-state index in [1.807, 2.05) is 0 Å². The zero-order valence-corrected chi connectivity index (χ0v) is 40.4. The zero-order valence-electron chi connectivity index (χ0n) is 40.4. The van der Waals surface area contributed by atoms with Gasteiger partial charge in [0.05, 0.1) is 0 Å². The Hall–Kier alpha value is 4.55. The number of hydrogen-bond acceptors (Lipinski definition) is 0. The van der Waals surface area contributed by atoms with Crippen molar-refractivity contribution in [3.05, 3.63) is 0 Å². The average molecular weight is 757 g/mol. The Morgan fingerprint density at radius 3 is 0.171 bits per heavy atom. The van der Waals surface area contributed by atoms with Crippen molar-refractivity contribution < 1.29 is 0 Å². The van der Waals surface area contributed by atoms with Gasteiger partial charge in [-0.15, -0.1) is 0 Å². The van der Waals surface area contributed by atoms with E-state index in [9.17, 15) is 0 Å². The summed E-state index contributed by atoms with van der Waals surface area (Å²) in [4.78, 5) is 0. The smallest absolute Gasteiger partial charge is 0 e. The molecule has 72 radical (unpaired) electrons. The molecule has 0 aliphatic carbocycles. The van der Waals surface area contributed by atoms with Crippen LogP contribution in [-0.4, -0.2) is 496 Å². The molecule has 0 aromatic rings. The van der Waals surface area contributed by atoms with E-state index in [4.69, 9.17) is 279 Å². The first-order chi connectivity index (χ1) is 31.8. The molecule has 0 unspecified atom stereocenters. The maximum atomic E-state index is 6.84. The van der Waals surface area contributed by atoms with Gasteiger partial charge in [0.15, 0.2) is 0 Å². The molecule has 0 N–H and O–H groups in total. The summed E-state index contributed by atoms with van der Waals surface area (Å²) in [5, 5.41) is 0. The average Bonchev–Trinajstić information content (AvgIpc) is 3.12. The normalized spacial score (nSPS) is 9.77. The molecule has 0 bridgehead atoms. The fourth-order valence-electron chi connectivity index (χ4n) is 12.3. The number of hydrogen-bond donors (Lipinski definition) is 0. The van der Waals surface area contributed by atoms with E-state index in [-0.39, 0.29) is 0 Å². The molecule has 70 heavy (non-hydrogen) atoms. The minimum absolute atomic E-state index is 1.43. The molecule has 0 aliphatic heterocycles. The van der Waals surface area contributed by atoms with Gasteiger partial charge in [0.25, 0.3) is 0 Å². The van der Waals surface area contributed by atoms with Gasteiger partial charge in [-0.1, -0.05) is 0 Å². The highest BCUT2D eigenvalue weighted by Crippen LogP contribution is 2.26. The molecule has 0 heterocycles. The van der Waals surface area contributed by atoms with Crippen LogP contribution in [0.5, 0.6) is 0 Å². The summed E-state index contributed by atoms with van der Waals surface area (Å²) in [6.07, 6.45) is -53.0. The fraction of sp³-hybridized carbons (Fsp3) is 0. The van der Waals surface area contributed by atoms with Crippen molar-refractivity contribution >= 4 is 496 Å². The number of rotatable bonds is 33. The van der Waals surface area contributed by atoms with Crippen LogP contribution in [0.1, 0.15) is 0 Å². The first-order valence-corrected chi connectivity index (χ1v) is 23.0. The zero-order chi connectivity index (χ0) is 55.6. The molecule has 0 saturated carbocycles. The summed E-state index contributed by atoms with van der Waals surface area (Å²) in [7, 11) is 242. The molecular weight excluding hydrogens is 757 g/mol. The Morgan fingerprint density at radius 1 is 0.0714 bits per heavy atom. The molecule has 0 spiro atoms. The van der Waals surface area contributed by atoms with Gasteiger partial charge < -0.3 is 0 Å². The van der Waals surface area contributed by atoms with Crippen LogP contribution >= 0.6 is 0 Å². The Balaban J connectivity index is 11.7. The fourth-order valence-corrected chi connectivity index (χ4v) is 12.3. The lowest BCUT2D eigenvalue weighted by Crippen LogP contribution is -2.98. The topological polar surface area (TPSA) is 0 Å². The lowest BCUT2D eigenvalue weighted by molar-refractivity contribution is 3.15. The van der Waals surface area contributed by atoms with E-state index in [2.05, 4.69) is 0 Å². The van der Waals surface area contributed by atoms with Gasteiger partial charge in [-0.05, 0) is 0 Å².